The van der Waals surface area contributed by atoms with Gasteiger partial charge in [0.2, 0.25) is 0 Å². The molecule has 25 heavy (non-hydrogen) atoms. The van der Waals surface area contributed by atoms with E-state index in [1.165, 1.54) is 0 Å². The number of hydrogen-bond acceptors (Lipinski definition) is 4. The summed E-state index contributed by atoms with van der Waals surface area (Å²) in [5.41, 5.74) is 0.428. The fourth-order valence-electron chi connectivity index (χ4n) is 6.67. The normalized spacial score (nSPS) is 45.5. The number of fused-ring (bicyclic) bond motifs is 5. The number of aliphatic hydroxyl groups excluding tert-OH is 1. The van der Waals surface area contributed by atoms with Crippen molar-refractivity contribution >= 4 is 17.3 Å². The molecule has 0 radical (unpaired) electrons. The summed E-state index contributed by atoms with van der Waals surface area (Å²) in [5, 5.41) is 9.34. The molecule has 4 aliphatic carbocycles. The Morgan fingerprint density at radius 3 is 2.72 bits per heavy atom. The lowest BCUT2D eigenvalue weighted by Crippen LogP contribution is -2.54. The molecule has 0 saturated heterocycles. The number of allylic oxidation sites excluding steroid dienone is 4. The summed E-state index contributed by atoms with van der Waals surface area (Å²) < 4.78 is 0. The Morgan fingerprint density at radius 1 is 1.24 bits per heavy atom. The summed E-state index contributed by atoms with van der Waals surface area (Å²) in [7, 11) is 0. The predicted octanol–water partition coefficient (Wildman–Crippen LogP) is 2.65. The van der Waals surface area contributed by atoms with Gasteiger partial charge in [-0.1, -0.05) is 25.5 Å². The van der Waals surface area contributed by atoms with Crippen LogP contribution in [0, 0.1) is 34.5 Å². The van der Waals surface area contributed by atoms with Crippen LogP contribution in [0.2, 0.25) is 0 Å². The zero-order chi connectivity index (χ0) is 18.0. The maximum Gasteiger partial charge on any atom is 0.178 e. The second-order valence-electron chi connectivity index (χ2n) is 8.88. The minimum Gasteiger partial charge on any atom is -0.389 e. The third-order valence-electron chi connectivity index (χ3n) is 7.80. The first kappa shape index (κ1) is 16.9. The summed E-state index contributed by atoms with van der Waals surface area (Å²) in [5.74, 6) is 0.477. The van der Waals surface area contributed by atoms with Crippen molar-refractivity contribution in [3.05, 3.63) is 23.8 Å². The van der Waals surface area contributed by atoms with Crippen molar-refractivity contribution < 1.29 is 19.5 Å². The Balaban J connectivity index is 1.73. The average molecular weight is 342 g/mol. The molecule has 0 spiro atoms. The molecular weight excluding hydrogens is 316 g/mol. The molecule has 0 aliphatic heterocycles. The summed E-state index contributed by atoms with van der Waals surface area (Å²) in [6.07, 6.45) is 9.21. The minimum atomic E-state index is -0.426. The molecule has 0 amide bonds. The molecule has 1 N–H and O–H groups in total. The van der Waals surface area contributed by atoms with Crippen LogP contribution < -0.4 is 0 Å². The highest BCUT2D eigenvalue weighted by atomic mass is 16.3. The fraction of sp³-hybridized carbons (Fsp3) is 0.667. The van der Waals surface area contributed by atoms with Gasteiger partial charge in [0.1, 0.15) is 12.4 Å². The van der Waals surface area contributed by atoms with Crippen LogP contribution in [0.1, 0.15) is 46.0 Å². The van der Waals surface area contributed by atoms with E-state index < -0.39 is 6.61 Å². The van der Waals surface area contributed by atoms with E-state index >= 15 is 0 Å². The smallest absolute Gasteiger partial charge is 0.178 e. The zero-order valence-electron chi connectivity index (χ0n) is 15.0. The lowest BCUT2D eigenvalue weighted by atomic mass is 9.47. The standard InChI is InChI=1S/C21H26O4/c1-20-8-7-13(23)9-12(20)3-4-14-15-5-6-16(18(25)11-22)21(15,2)10-17(24)19(14)20/h7-9,14-16,19,22H,3-6,10-11H2,1-2H3/t14?,15-,16?,19+,20?,21?/m0/s1. The Kier molecular flexibility index (Phi) is 3.70. The van der Waals surface area contributed by atoms with E-state index in [0.717, 1.165) is 31.3 Å². The topological polar surface area (TPSA) is 71.4 Å². The second kappa shape index (κ2) is 5.47. The van der Waals surface area contributed by atoms with Crippen molar-refractivity contribution in [2.75, 3.05) is 6.61 Å². The number of aliphatic hydroxyl groups is 1. The maximum absolute atomic E-state index is 13.3. The van der Waals surface area contributed by atoms with Crippen LogP contribution in [0.5, 0.6) is 0 Å². The Labute approximate surface area is 148 Å². The molecule has 0 heterocycles. The van der Waals surface area contributed by atoms with Crippen molar-refractivity contribution in [3.8, 4) is 0 Å². The van der Waals surface area contributed by atoms with Gasteiger partial charge < -0.3 is 5.11 Å². The number of Topliss-reactive ketones (excluding diaryl/α,β-unsaturated/α-hetero) is 2. The molecular formula is C21H26O4. The van der Waals surface area contributed by atoms with E-state index in [1.54, 1.807) is 12.2 Å². The first-order valence-corrected chi connectivity index (χ1v) is 9.42. The molecule has 134 valence electrons. The van der Waals surface area contributed by atoms with Crippen molar-refractivity contribution in [2.45, 2.75) is 46.0 Å². The van der Waals surface area contributed by atoms with E-state index in [4.69, 9.17) is 0 Å². The third kappa shape index (κ3) is 2.19. The lowest BCUT2D eigenvalue weighted by Gasteiger charge is -2.55. The van der Waals surface area contributed by atoms with Crippen LogP contribution in [-0.2, 0) is 14.4 Å². The number of ketones is 3. The number of carbonyl (C=O) groups excluding carboxylic acids is 3. The number of rotatable bonds is 2. The number of carbonyl (C=O) groups is 3. The quantitative estimate of drug-likeness (QED) is 0.837. The van der Waals surface area contributed by atoms with Gasteiger partial charge in [-0.2, -0.15) is 0 Å². The molecule has 4 unspecified atom stereocenters. The van der Waals surface area contributed by atoms with Gasteiger partial charge in [0.05, 0.1) is 0 Å². The zero-order valence-corrected chi connectivity index (χ0v) is 15.0. The van der Waals surface area contributed by atoms with Crippen LogP contribution >= 0.6 is 0 Å². The first-order chi connectivity index (χ1) is 11.8. The van der Waals surface area contributed by atoms with Gasteiger partial charge in [-0.05, 0) is 55.1 Å². The Morgan fingerprint density at radius 2 is 2.00 bits per heavy atom. The molecule has 4 rings (SSSR count). The fourth-order valence-corrected chi connectivity index (χ4v) is 6.67. The predicted molar refractivity (Wildman–Crippen MR) is 92.6 cm³/mol. The molecule has 0 aromatic heterocycles. The SMILES string of the molecule is CC12C=CC(=O)C=C1CCC1[C@@H]2C(=O)CC2(C)C(C(=O)CO)CC[C@@H]12. The van der Waals surface area contributed by atoms with Gasteiger partial charge in [0, 0.05) is 23.7 Å². The van der Waals surface area contributed by atoms with Gasteiger partial charge in [0.25, 0.3) is 0 Å². The van der Waals surface area contributed by atoms with Gasteiger partial charge in [-0.15, -0.1) is 0 Å². The molecule has 0 aromatic rings. The largest absolute Gasteiger partial charge is 0.389 e. The highest BCUT2D eigenvalue weighted by Gasteiger charge is 2.62. The summed E-state index contributed by atoms with van der Waals surface area (Å²) in [6, 6.07) is 0. The van der Waals surface area contributed by atoms with Gasteiger partial charge in [-0.3, -0.25) is 14.4 Å². The molecule has 0 bridgehead atoms. The molecule has 0 aromatic carbocycles. The molecule has 4 heteroatoms. The lowest BCUT2D eigenvalue weighted by molar-refractivity contribution is -0.146. The van der Waals surface area contributed by atoms with Crippen LogP contribution in [0.15, 0.2) is 23.8 Å². The molecule has 4 aliphatic rings. The third-order valence-corrected chi connectivity index (χ3v) is 7.80. The van der Waals surface area contributed by atoms with E-state index in [0.29, 0.717) is 12.3 Å². The second-order valence-corrected chi connectivity index (χ2v) is 8.88. The van der Waals surface area contributed by atoms with Gasteiger partial charge >= 0.3 is 0 Å². The van der Waals surface area contributed by atoms with Crippen molar-refractivity contribution in [1.82, 2.24) is 0 Å². The van der Waals surface area contributed by atoms with Crippen molar-refractivity contribution in [3.63, 3.8) is 0 Å². The highest BCUT2D eigenvalue weighted by Crippen LogP contribution is 2.64. The maximum atomic E-state index is 13.3. The molecule has 3 saturated carbocycles. The van der Waals surface area contributed by atoms with E-state index in [9.17, 15) is 19.5 Å². The van der Waals surface area contributed by atoms with Gasteiger partial charge in [0.15, 0.2) is 11.6 Å². The summed E-state index contributed by atoms with van der Waals surface area (Å²) >= 11 is 0. The molecule has 3 fully saturated rings. The van der Waals surface area contributed by atoms with E-state index in [2.05, 4.69) is 13.8 Å². The average Bonchev–Trinajstić information content (AvgIpc) is 2.91. The highest BCUT2D eigenvalue weighted by molar-refractivity contribution is 6.01. The van der Waals surface area contributed by atoms with E-state index in [1.807, 2.05) is 6.08 Å². The molecule has 6 atom stereocenters. The van der Waals surface area contributed by atoms with Crippen LogP contribution in [-0.4, -0.2) is 29.1 Å². The minimum absolute atomic E-state index is 0.0218. The molecule has 4 nitrogen and oxygen atoms in total. The van der Waals surface area contributed by atoms with Gasteiger partial charge in [-0.25, -0.2) is 0 Å². The Bertz CT molecular complexity index is 717. The number of hydrogen-bond donors (Lipinski definition) is 1. The van der Waals surface area contributed by atoms with E-state index in [-0.39, 0.29) is 45.9 Å². The van der Waals surface area contributed by atoms with Crippen LogP contribution in [0.25, 0.3) is 0 Å². The van der Waals surface area contributed by atoms with Crippen LogP contribution in [0.3, 0.4) is 0 Å². The Hall–Kier alpha value is -1.55. The van der Waals surface area contributed by atoms with Crippen LogP contribution in [0.4, 0.5) is 0 Å². The monoisotopic (exact) mass is 342 g/mol. The first-order valence-electron chi connectivity index (χ1n) is 9.42. The van der Waals surface area contributed by atoms with Crippen molar-refractivity contribution in [2.24, 2.45) is 34.5 Å². The summed E-state index contributed by atoms with van der Waals surface area (Å²) in [4.78, 5) is 37.3. The summed E-state index contributed by atoms with van der Waals surface area (Å²) in [6.45, 7) is 3.76. The van der Waals surface area contributed by atoms with Crippen molar-refractivity contribution in [1.29, 1.82) is 0 Å².